The first-order valence-corrected chi connectivity index (χ1v) is 3.25. The van der Waals surface area contributed by atoms with Gasteiger partial charge in [0.15, 0.2) is 0 Å². The van der Waals surface area contributed by atoms with E-state index in [1.807, 2.05) is 6.92 Å². The average Bonchev–Trinajstić information content (AvgIpc) is 1.63. The second kappa shape index (κ2) is 4.44. The molecule has 0 bridgehead atoms. The number of rotatable bonds is 4. The van der Waals surface area contributed by atoms with Crippen LogP contribution in [0, 0.1) is 0 Å². The van der Waals surface area contributed by atoms with E-state index < -0.39 is 5.97 Å². The Morgan fingerprint density at radius 1 is 1.56 bits per heavy atom. The van der Waals surface area contributed by atoms with Crippen LogP contribution in [0.2, 0.25) is 0 Å². The second-order valence-corrected chi connectivity index (χ2v) is 2.65. The molecule has 52 valence electrons. The number of carbonyl (C=O) groups is 1. The standard InChI is InChI=1S/C6H10O2S/c1-5(9)3-2-4-6(7)8/h2-4H2,1H3,(H,7,8). The van der Waals surface area contributed by atoms with Gasteiger partial charge in [0.2, 0.25) is 0 Å². The molecule has 0 heterocycles. The third-order valence-corrected chi connectivity index (χ3v) is 1.12. The lowest BCUT2D eigenvalue weighted by Crippen LogP contribution is -1.95. The summed E-state index contributed by atoms with van der Waals surface area (Å²) in [6, 6.07) is 0. The summed E-state index contributed by atoms with van der Waals surface area (Å²) in [7, 11) is 0. The van der Waals surface area contributed by atoms with E-state index in [1.54, 1.807) is 0 Å². The number of carboxylic acids is 1. The zero-order chi connectivity index (χ0) is 7.28. The summed E-state index contributed by atoms with van der Waals surface area (Å²) in [5, 5.41) is 8.18. The van der Waals surface area contributed by atoms with Crippen LogP contribution >= 0.6 is 12.2 Å². The molecule has 0 radical (unpaired) electrons. The molecule has 9 heavy (non-hydrogen) atoms. The van der Waals surface area contributed by atoms with Crippen LogP contribution in [0.3, 0.4) is 0 Å². The largest absolute Gasteiger partial charge is 0.481 e. The zero-order valence-electron chi connectivity index (χ0n) is 5.39. The maximum absolute atomic E-state index is 9.94. The molecule has 0 aliphatic rings. The lowest BCUT2D eigenvalue weighted by Gasteiger charge is -1.92. The molecule has 0 aromatic carbocycles. The Morgan fingerprint density at radius 3 is 2.44 bits per heavy atom. The van der Waals surface area contributed by atoms with Crippen molar-refractivity contribution in [3.05, 3.63) is 0 Å². The molecule has 0 rings (SSSR count). The summed E-state index contributed by atoms with van der Waals surface area (Å²) in [5.74, 6) is -0.744. The Bertz CT molecular complexity index is 106. The molecule has 0 unspecified atom stereocenters. The van der Waals surface area contributed by atoms with Gasteiger partial charge in [0, 0.05) is 6.42 Å². The van der Waals surface area contributed by atoms with Crippen molar-refractivity contribution in [3.8, 4) is 0 Å². The smallest absolute Gasteiger partial charge is 0.303 e. The Labute approximate surface area is 59.9 Å². The summed E-state index contributed by atoms with van der Waals surface area (Å²) in [6.45, 7) is 1.83. The first-order valence-electron chi connectivity index (χ1n) is 2.84. The lowest BCUT2D eigenvalue weighted by atomic mass is 10.2. The van der Waals surface area contributed by atoms with Gasteiger partial charge in [-0.1, -0.05) is 12.2 Å². The topological polar surface area (TPSA) is 37.3 Å². The van der Waals surface area contributed by atoms with Gasteiger partial charge in [0.25, 0.3) is 0 Å². The average molecular weight is 146 g/mol. The molecule has 1 N–H and O–H groups in total. The first-order chi connectivity index (χ1) is 4.13. The highest BCUT2D eigenvalue weighted by Gasteiger charge is 1.95. The number of thiocarbonyl (C=S) groups is 1. The Balaban J connectivity index is 3.10. The van der Waals surface area contributed by atoms with Gasteiger partial charge in [-0.2, -0.15) is 0 Å². The normalized spacial score (nSPS) is 9.00. The van der Waals surface area contributed by atoms with Crippen molar-refractivity contribution in [1.29, 1.82) is 0 Å². The fourth-order valence-corrected chi connectivity index (χ4v) is 0.633. The molecule has 0 saturated heterocycles. The van der Waals surface area contributed by atoms with Gasteiger partial charge in [0.1, 0.15) is 0 Å². The van der Waals surface area contributed by atoms with Gasteiger partial charge in [-0.05, 0) is 24.6 Å². The van der Waals surface area contributed by atoms with E-state index in [-0.39, 0.29) is 6.42 Å². The van der Waals surface area contributed by atoms with Crippen LogP contribution in [0.5, 0.6) is 0 Å². The quantitative estimate of drug-likeness (QED) is 0.612. The third kappa shape index (κ3) is 7.56. The van der Waals surface area contributed by atoms with Crippen LogP contribution < -0.4 is 0 Å². The van der Waals surface area contributed by atoms with E-state index in [4.69, 9.17) is 17.3 Å². The Hall–Kier alpha value is -0.440. The molecule has 0 aromatic heterocycles. The van der Waals surface area contributed by atoms with Crippen molar-refractivity contribution in [2.45, 2.75) is 26.2 Å². The summed E-state index contributed by atoms with van der Waals surface area (Å²) in [6.07, 6.45) is 1.65. The first kappa shape index (κ1) is 8.56. The van der Waals surface area contributed by atoms with Gasteiger partial charge < -0.3 is 5.11 Å². The minimum absolute atomic E-state index is 0.230. The molecule has 0 aliphatic carbocycles. The molecule has 0 fully saturated rings. The van der Waals surface area contributed by atoms with Crippen LogP contribution in [0.25, 0.3) is 0 Å². The number of aliphatic carboxylic acids is 1. The predicted octanol–water partition coefficient (Wildman–Crippen LogP) is 1.63. The number of carboxylic acid groups (broad SMARTS) is 1. The van der Waals surface area contributed by atoms with Gasteiger partial charge >= 0.3 is 5.97 Å². The van der Waals surface area contributed by atoms with Gasteiger partial charge in [-0.3, -0.25) is 4.79 Å². The number of hydrogen-bond acceptors (Lipinski definition) is 2. The van der Waals surface area contributed by atoms with Crippen LogP contribution in [0.1, 0.15) is 26.2 Å². The fraction of sp³-hybridized carbons (Fsp3) is 0.667. The molecule has 0 aliphatic heterocycles. The Kier molecular flexibility index (Phi) is 4.22. The third-order valence-electron chi connectivity index (χ3n) is 0.919. The maximum Gasteiger partial charge on any atom is 0.303 e. The lowest BCUT2D eigenvalue weighted by molar-refractivity contribution is -0.137. The minimum Gasteiger partial charge on any atom is -0.481 e. The highest BCUT2D eigenvalue weighted by molar-refractivity contribution is 7.80. The molecule has 0 aromatic rings. The van der Waals surface area contributed by atoms with E-state index in [0.29, 0.717) is 6.42 Å². The maximum atomic E-state index is 9.94. The Morgan fingerprint density at radius 2 is 2.11 bits per heavy atom. The summed E-state index contributed by atoms with van der Waals surface area (Å²) < 4.78 is 0. The summed E-state index contributed by atoms with van der Waals surface area (Å²) >= 11 is 4.75. The van der Waals surface area contributed by atoms with Gasteiger partial charge in [-0.15, -0.1) is 0 Å². The monoisotopic (exact) mass is 146 g/mol. The molecule has 0 amide bonds. The van der Waals surface area contributed by atoms with Crippen molar-refractivity contribution in [2.75, 3.05) is 0 Å². The summed E-state index contributed by atoms with van der Waals surface area (Å²) in [5.41, 5.74) is 0. The molecular weight excluding hydrogens is 136 g/mol. The van der Waals surface area contributed by atoms with Crippen LogP contribution in [-0.4, -0.2) is 15.9 Å². The fourth-order valence-electron chi connectivity index (χ4n) is 0.489. The molecule has 3 heteroatoms. The molecule has 0 spiro atoms. The van der Waals surface area contributed by atoms with Crippen molar-refractivity contribution in [3.63, 3.8) is 0 Å². The van der Waals surface area contributed by atoms with E-state index in [9.17, 15) is 4.79 Å². The van der Waals surface area contributed by atoms with E-state index >= 15 is 0 Å². The van der Waals surface area contributed by atoms with E-state index in [2.05, 4.69) is 0 Å². The molecule has 2 nitrogen and oxygen atoms in total. The van der Waals surface area contributed by atoms with Crippen LogP contribution in [0.15, 0.2) is 0 Å². The van der Waals surface area contributed by atoms with Crippen LogP contribution in [-0.2, 0) is 4.79 Å². The minimum atomic E-state index is -0.744. The zero-order valence-corrected chi connectivity index (χ0v) is 6.20. The highest BCUT2D eigenvalue weighted by atomic mass is 32.1. The summed E-state index contributed by atoms with van der Waals surface area (Å²) in [4.78, 5) is 10.8. The van der Waals surface area contributed by atoms with Gasteiger partial charge in [0.05, 0.1) is 0 Å². The van der Waals surface area contributed by atoms with Crippen molar-refractivity contribution < 1.29 is 9.90 Å². The predicted molar refractivity (Wildman–Crippen MR) is 39.8 cm³/mol. The van der Waals surface area contributed by atoms with Crippen molar-refractivity contribution in [2.24, 2.45) is 0 Å². The second-order valence-electron chi connectivity index (χ2n) is 1.95. The van der Waals surface area contributed by atoms with Crippen LogP contribution in [0.4, 0.5) is 0 Å². The molecule has 0 saturated carbocycles. The van der Waals surface area contributed by atoms with Crippen molar-refractivity contribution >= 4 is 23.1 Å². The molecule has 0 atom stereocenters. The number of hydrogen-bond donors (Lipinski definition) is 1. The van der Waals surface area contributed by atoms with E-state index in [1.165, 1.54) is 0 Å². The van der Waals surface area contributed by atoms with Crippen molar-refractivity contribution in [1.82, 2.24) is 0 Å². The highest BCUT2D eigenvalue weighted by Crippen LogP contribution is 1.96. The van der Waals surface area contributed by atoms with E-state index in [0.717, 1.165) is 11.3 Å². The SMILES string of the molecule is CC(=S)CCCC(=O)O. The van der Waals surface area contributed by atoms with Gasteiger partial charge in [-0.25, -0.2) is 0 Å². The molecular formula is C6H10O2S.